The van der Waals surface area contributed by atoms with Gasteiger partial charge in [-0.2, -0.15) is 8.42 Å². The van der Waals surface area contributed by atoms with Crippen molar-refractivity contribution in [1.29, 1.82) is 0 Å². The van der Waals surface area contributed by atoms with Gasteiger partial charge in [-0.05, 0) is 24.6 Å². The molecule has 16 heavy (non-hydrogen) atoms. The first-order valence-corrected chi connectivity index (χ1v) is 5.93. The predicted octanol–water partition coefficient (Wildman–Crippen LogP) is 2.08. The van der Waals surface area contributed by atoms with Gasteiger partial charge in [0, 0.05) is 12.2 Å². The fourth-order valence-electron chi connectivity index (χ4n) is 1.14. The van der Waals surface area contributed by atoms with Crippen LogP contribution >= 0.6 is 0 Å². The van der Waals surface area contributed by atoms with Gasteiger partial charge in [-0.25, -0.2) is 4.39 Å². The van der Waals surface area contributed by atoms with Crippen molar-refractivity contribution in [2.75, 3.05) is 0 Å². The highest BCUT2D eigenvalue weighted by Gasteiger charge is 2.02. The van der Waals surface area contributed by atoms with Crippen molar-refractivity contribution in [3.8, 4) is 0 Å². The average molecular weight is 247 g/mol. The molecule has 0 aliphatic carbocycles. The number of hydrogen-bond acceptors (Lipinski definition) is 3. The van der Waals surface area contributed by atoms with Crippen LogP contribution in [0.15, 0.2) is 35.4 Å². The number of allylic oxidation sites excluding steroid dienone is 1. The maximum atomic E-state index is 12.8. The third-order valence-electron chi connectivity index (χ3n) is 1.78. The van der Waals surface area contributed by atoms with Crippen LogP contribution in [0.4, 0.5) is 8.28 Å². The molecule has 0 bridgehead atoms. The van der Waals surface area contributed by atoms with Crippen molar-refractivity contribution < 1.29 is 16.7 Å². The third kappa shape index (κ3) is 4.88. The molecule has 6 heteroatoms. The van der Waals surface area contributed by atoms with E-state index in [1.165, 1.54) is 25.1 Å². The second kappa shape index (κ2) is 5.07. The lowest BCUT2D eigenvalue weighted by atomic mass is 10.2. The van der Waals surface area contributed by atoms with Crippen LogP contribution in [0.1, 0.15) is 12.5 Å². The summed E-state index contributed by atoms with van der Waals surface area (Å²) in [7, 11) is -4.63. The van der Waals surface area contributed by atoms with E-state index in [1.54, 1.807) is 6.07 Å². The van der Waals surface area contributed by atoms with E-state index in [-0.39, 0.29) is 18.1 Å². The fourth-order valence-corrected chi connectivity index (χ4v) is 1.65. The molecule has 0 atom stereocenters. The molecule has 0 saturated heterocycles. The fraction of sp³-hybridized carbons (Fsp3) is 0.200. The summed E-state index contributed by atoms with van der Waals surface area (Å²) < 4.78 is 45.5. The largest absolute Gasteiger partial charge is 0.384 e. The van der Waals surface area contributed by atoms with Crippen LogP contribution in [0.2, 0.25) is 0 Å². The van der Waals surface area contributed by atoms with Crippen molar-refractivity contribution in [2.45, 2.75) is 13.5 Å². The normalized spacial score (nSPS) is 12.6. The summed E-state index contributed by atoms with van der Waals surface area (Å²) in [6.07, 6.45) is 0. The number of nitrogens with one attached hydrogen (secondary N) is 1. The Balaban J connectivity index is 2.62. The van der Waals surface area contributed by atoms with Gasteiger partial charge in [0.2, 0.25) is 0 Å². The number of rotatable bonds is 4. The number of benzene rings is 1. The first kappa shape index (κ1) is 12.6. The molecule has 88 valence electrons. The van der Waals surface area contributed by atoms with Gasteiger partial charge in [-0.3, -0.25) is 0 Å². The van der Waals surface area contributed by atoms with E-state index >= 15 is 0 Å². The summed E-state index contributed by atoms with van der Waals surface area (Å²) in [5.41, 5.74) is 0.802. The van der Waals surface area contributed by atoms with Gasteiger partial charge in [0.05, 0.1) is 5.41 Å². The molecule has 0 heterocycles. The molecule has 3 nitrogen and oxygen atoms in total. The van der Waals surface area contributed by atoms with E-state index in [9.17, 15) is 16.7 Å². The lowest BCUT2D eigenvalue weighted by Crippen LogP contribution is -2.11. The third-order valence-corrected chi connectivity index (χ3v) is 2.41. The smallest absolute Gasteiger partial charge is 0.326 e. The highest BCUT2D eigenvalue weighted by molar-refractivity contribution is 7.89. The number of halogens is 2. The maximum absolute atomic E-state index is 12.8. The van der Waals surface area contributed by atoms with Crippen molar-refractivity contribution >= 4 is 10.2 Å². The minimum atomic E-state index is -4.63. The maximum Gasteiger partial charge on any atom is 0.326 e. The van der Waals surface area contributed by atoms with Gasteiger partial charge >= 0.3 is 10.2 Å². The highest BCUT2D eigenvalue weighted by Crippen LogP contribution is 2.04. The minimum Gasteiger partial charge on any atom is -0.384 e. The van der Waals surface area contributed by atoms with E-state index in [0.717, 1.165) is 0 Å². The zero-order valence-electron chi connectivity index (χ0n) is 8.57. The Morgan fingerprint density at radius 3 is 2.75 bits per heavy atom. The minimum absolute atomic E-state index is 0.159. The molecule has 1 aromatic carbocycles. The van der Waals surface area contributed by atoms with Crippen LogP contribution in [0.25, 0.3) is 0 Å². The summed E-state index contributed by atoms with van der Waals surface area (Å²) in [4.78, 5) is 0. The predicted molar refractivity (Wildman–Crippen MR) is 57.0 cm³/mol. The molecular weight excluding hydrogens is 236 g/mol. The van der Waals surface area contributed by atoms with Crippen LogP contribution in [-0.4, -0.2) is 8.42 Å². The molecule has 0 radical (unpaired) electrons. The summed E-state index contributed by atoms with van der Waals surface area (Å²) in [6.45, 7) is 1.64. The van der Waals surface area contributed by atoms with Crippen LogP contribution in [0.3, 0.4) is 0 Å². The Morgan fingerprint density at radius 1 is 1.50 bits per heavy atom. The molecule has 0 amide bonds. The van der Waals surface area contributed by atoms with Gasteiger partial charge < -0.3 is 5.32 Å². The average Bonchev–Trinajstić information content (AvgIpc) is 2.12. The molecule has 0 unspecified atom stereocenters. The molecule has 1 N–H and O–H groups in total. The standard InChI is InChI=1S/C10H11F2NO2S/c1-8(7-16(12,14)15)13-6-9-3-2-4-10(11)5-9/h2-5,7,13H,6H2,1H3/b8-7+. The molecule has 1 aromatic rings. The zero-order chi connectivity index (χ0) is 12.2. The molecule has 0 aliphatic rings. The van der Waals surface area contributed by atoms with Crippen LogP contribution < -0.4 is 5.32 Å². The van der Waals surface area contributed by atoms with Crippen molar-refractivity contribution in [1.82, 2.24) is 5.32 Å². The van der Waals surface area contributed by atoms with Gasteiger partial charge in [-0.1, -0.05) is 12.1 Å². The molecular formula is C10H11F2NO2S. The lowest BCUT2D eigenvalue weighted by molar-refractivity contribution is 0.562. The Hall–Kier alpha value is -1.43. The Morgan fingerprint density at radius 2 is 2.19 bits per heavy atom. The van der Waals surface area contributed by atoms with Crippen LogP contribution in [0.5, 0.6) is 0 Å². The topological polar surface area (TPSA) is 46.2 Å². The summed E-state index contributed by atoms with van der Waals surface area (Å²) >= 11 is 0. The SMILES string of the molecule is C/C(=C\S(=O)(=O)F)NCc1cccc(F)c1. The first-order chi connectivity index (χ1) is 7.37. The van der Waals surface area contributed by atoms with Gasteiger partial charge in [0.1, 0.15) is 5.82 Å². The Bertz CT molecular complexity index is 497. The van der Waals surface area contributed by atoms with Crippen molar-refractivity contribution in [3.05, 3.63) is 46.8 Å². The van der Waals surface area contributed by atoms with Crippen LogP contribution in [0, 0.1) is 5.82 Å². The summed E-state index contributed by atoms with van der Waals surface area (Å²) in [5, 5.41) is 3.14. The summed E-state index contributed by atoms with van der Waals surface area (Å²) in [6, 6.07) is 5.83. The van der Waals surface area contributed by atoms with Gasteiger partial charge in [0.25, 0.3) is 0 Å². The molecule has 1 rings (SSSR count). The Labute approximate surface area is 93.0 Å². The van der Waals surface area contributed by atoms with E-state index in [0.29, 0.717) is 11.0 Å². The van der Waals surface area contributed by atoms with Crippen LogP contribution in [-0.2, 0) is 16.8 Å². The first-order valence-electron chi connectivity index (χ1n) is 4.48. The molecule has 0 saturated carbocycles. The zero-order valence-corrected chi connectivity index (χ0v) is 9.39. The van der Waals surface area contributed by atoms with Gasteiger partial charge in [0.15, 0.2) is 0 Å². The number of hydrogen-bond donors (Lipinski definition) is 1. The second-order valence-corrected chi connectivity index (χ2v) is 4.45. The molecule has 0 spiro atoms. The molecule has 0 fully saturated rings. The van der Waals surface area contributed by atoms with Crippen molar-refractivity contribution in [2.24, 2.45) is 0 Å². The van der Waals surface area contributed by atoms with Crippen molar-refractivity contribution in [3.63, 3.8) is 0 Å². The van der Waals surface area contributed by atoms with E-state index in [4.69, 9.17) is 0 Å². The summed E-state index contributed by atoms with van der Waals surface area (Å²) in [5.74, 6) is -0.376. The van der Waals surface area contributed by atoms with E-state index in [2.05, 4.69) is 5.32 Å². The molecule has 0 aliphatic heterocycles. The lowest BCUT2D eigenvalue weighted by Gasteiger charge is -2.05. The molecule has 0 aromatic heterocycles. The highest BCUT2D eigenvalue weighted by atomic mass is 32.3. The quantitative estimate of drug-likeness (QED) is 0.828. The van der Waals surface area contributed by atoms with E-state index in [1.807, 2.05) is 0 Å². The second-order valence-electron chi connectivity index (χ2n) is 3.26. The monoisotopic (exact) mass is 247 g/mol. The van der Waals surface area contributed by atoms with Gasteiger partial charge in [-0.15, -0.1) is 3.89 Å². The Kier molecular flexibility index (Phi) is 4.00. The van der Waals surface area contributed by atoms with E-state index < -0.39 is 10.2 Å².